The van der Waals surface area contributed by atoms with E-state index in [1.54, 1.807) is 18.2 Å². The van der Waals surface area contributed by atoms with Crippen LogP contribution in [0.3, 0.4) is 0 Å². The summed E-state index contributed by atoms with van der Waals surface area (Å²) in [5, 5.41) is 2.63. The summed E-state index contributed by atoms with van der Waals surface area (Å²) < 4.78 is 6.53. The molecule has 3 aromatic rings. The maximum atomic E-state index is 13.0. The summed E-state index contributed by atoms with van der Waals surface area (Å²) in [6, 6.07) is 16.6. The Kier molecular flexibility index (Phi) is 7.07. The van der Waals surface area contributed by atoms with E-state index in [1.807, 2.05) is 31.2 Å². The number of anilines is 1. The monoisotopic (exact) mass is 558 g/mol. The summed E-state index contributed by atoms with van der Waals surface area (Å²) in [5.74, 6) is -0.957. The number of nitrogens with one attached hydrogen (secondary N) is 1. The van der Waals surface area contributed by atoms with Gasteiger partial charge in [0.05, 0.1) is 20.2 Å². The molecule has 9 heteroatoms. The first-order chi connectivity index (χ1) is 16.2. The second-order valence-corrected chi connectivity index (χ2v) is 9.19. The molecule has 1 aliphatic rings. The molecule has 0 aliphatic carbocycles. The van der Waals surface area contributed by atoms with Crippen LogP contribution in [0, 0.1) is 6.92 Å². The number of imide groups is 2. The quantitative estimate of drug-likeness (QED) is 0.293. The SMILES string of the molecule is Cc1cccc(COc2ccc(/C=C3\C(=O)NC(=O)N(c4ccc(Cl)c(Cl)c4)C3=O)cc2Br)c1. The number of benzene rings is 3. The van der Waals surface area contributed by atoms with Gasteiger partial charge in [-0.25, -0.2) is 9.69 Å². The molecule has 4 rings (SSSR count). The molecule has 0 aromatic heterocycles. The lowest BCUT2D eigenvalue weighted by Crippen LogP contribution is -2.54. The molecule has 6 nitrogen and oxygen atoms in total. The summed E-state index contributed by atoms with van der Waals surface area (Å²) in [4.78, 5) is 38.7. The van der Waals surface area contributed by atoms with Crippen molar-refractivity contribution >= 4 is 68.7 Å². The Morgan fingerprint density at radius 2 is 1.79 bits per heavy atom. The first kappa shape index (κ1) is 24.0. The van der Waals surface area contributed by atoms with E-state index in [4.69, 9.17) is 27.9 Å². The molecule has 0 unspecified atom stereocenters. The normalized spacial score (nSPS) is 15.0. The molecular formula is C25H17BrCl2N2O4. The summed E-state index contributed by atoms with van der Waals surface area (Å²) >= 11 is 15.4. The average molecular weight is 560 g/mol. The highest BCUT2D eigenvalue weighted by Crippen LogP contribution is 2.31. The van der Waals surface area contributed by atoms with Gasteiger partial charge in [-0.1, -0.05) is 59.1 Å². The van der Waals surface area contributed by atoms with Gasteiger partial charge in [0.1, 0.15) is 17.9 Å². The largest absolute Gasteiger partial charge is 0.488 e. The van der Waals surface area contributed by atoms with Gasteiger partial charge in [0.2, 0.25) is 0 Å². The van der Waals surface area contributed by atoms with Crippen LogP contribution in [-0.4, -0.2) is 17.8 Å². The number of ether oxygens (including phenoxy) is 1. The maximum Gasteiger partial charge on any atom is 0.335 e. The van der Waals surface area contributed by atoms with Crippen molar-refractivity contribution < 1.29 is 19.1 Å². The molecule has 4 amide bonds. The molecule has 0 radical (unpaired) electrons. The van der Waals surface area contributed by atoms with Gasteiger partial charge in [-0.2, -0.15) is 0 Å². The fourth-order valence-corrected chi connectivity index (χ4v) is 4.17. The van der Waals surface area contributed by atoms with Crippen molar-refractivity contribution in [3.05, 3.63) is 97.4 Å². The lowest BCUT2D eigenvalue weighted by Gasteiger charge is -2.26. The van der Waals surface area contributed by atoms with E-state index < -0.39 is 17.8 Å². The first-order valence-electron chi connectivity index (χ1n) is 10.1. The summed E-state index contributed by atoms with van der Waals surface area (Å²) in [6.45, 7) is 2.41. The van der Waals surface area contributed by atoms with E-state index in [0.717, 1.165) is 16.0 Å². The number of hydrogen-bond donors (Lipinski definition) is 1. The van der Waals surface area contributed by atoms with E-state index in [-0.39, 0.29) is 21.3 Å². The van der Waals surface area contributed by atoms with Crippen molar-refractivity contribution in [3.63, 3.8) is 0 Å². The number of hydrogen-bond acceptors (Lipinski definition) is 4. The highest BCUT2D eigenvalue weighted by atomic mass is 79.9. The van der Waals surface area contributed by atoms with Gasteiger partial charge in [0.15, 0.2) is 0 Å². The Labute approximate surface area is 214 Å². The third kappa shape index (κ3) is 5.17. The van der Waals surface area contributed by atoms with E-state index in [0.29, 0.717) is 22.4 Å². The number of carbonyl (C=O) groups excluding carboxylic acids is 3. The number of aryl methyl sites for hydroxylation is 1. The standard InChI is InChI=1S/C25H17BrCl2N2O4/c1-14-3-2-4-16(9-14)13-34-22-8-5-15(11-19(22)26)10-18-23(31)29-25(33)30(24(18)32)17-6-7-20(27)21(28)12-17/h2-12H,13H2,1H3,(H,29,31,33)/b18-10+. The van der Waals surface area contributed by atoms with E-state index >= 15 is 0 Å². The maximum absolute atomic E-state index is 13.0. The summed E-state index contributed by atoms with van der Waals surface area (Å²) in [5.41, 5.74) is 2.74. The van der Waals surface area contributed by atoms with Crippen molar-refractivity contribution in [2.75, 3.05) is 4.90 Å². The zero-order valence-electron chi connectivity index (χ0n) is 17.8. The second-order valence-electron chi connectivity index (χ2n) is 7.52. The van der Waals surface area contributed by atoms with Crippen molar-refractivity contribution in [2.45, 2.75) is 13.5 Å². The summed E-state index contributed by atoms with van der Waals surface area (Å²) in [6.07, 6.45) is 1.41. The molecule has 34 heavy (non-hydrogen) atoms. The molecule has 0 atom stereocenters. The van der Waals surface area contributed by atoms with Gasteiger partial charge in [0.25, 0.3) is 11.8 Å². The zero-order valence-corrected chi connectivity index (χ0v) is 20.9. The van der Waals surface area contributed by atoms with Gasteiger partial charge < -0.3 is 4.74 Å². The number of rotatable bonds is 5. The Morgan fingerprint density at radius 3 is 2.50 bits per heavy atom. The Hall–Kier alpha value is -3.13. The molecule has 1 saturated heterocycles. The van der Waals surface area contributed by atoms with Crippen LogP contribution >= 0.6 is 39.1 Å². The number of barbiturate groups is 1. The first-order valence-corrected chi connectivity index (χ1v) is 11.6. The molecule has 1 aliphatic heterocycles. The summed E-state index contributed by atoms with van der Waals surface area (Å²) in [7, 11) is 0. The third-order valence-electron chi connectivity index (χ3n) is 5.01. The lowest BCUT2D eigenvalue weighted by molar-refractivity contribution is -0.122. The molecule has 1 N–H and O–H groups in total. The van der Waals surface area contributed by atoms with Crippen LogP contribution in [0.25, 0.3) is 6.08 Å². The third-order valence-corrected chi connectivity index (χ3v) is 6.37. The van der Waals surface area contributed by atoms with Crippen LogP contribution in [0.2, 0.25) is 10.0 Å². The van der Waals surface area contributed by atoms with E-state index in [2.05, 4.69) is 21.2 Å². The lowest BCUT2D eigenvalue weighted by atomic mass is 10.1. The molecule has 0 saturated carbocycles. The molecule has 1 fully saturated rings. The van der Waals surface area contributed by atoms with E-state index in [9.17, 15) is 14.4 Å². The molecule has 3 aromatic carbocycles. The number of carbonyl (C=O) groups is 3. The van der Waals surface area contributed by atoms with Crippen LogP contribution in [-0.2, 0) is 16.2 Å². The van der Waals surface area contributed by atoms with Gasteiger partial charge >= 0.3 is 6.03 Å². The minimum absolute atomic E-state index is 0.173. The average Bonchev–Trinajstić information content (AvgIpc) is 2.78. The van der Waals surface area contributed by atoms with Crippen LogP contribution in [0.1, 0.15) is 16.7 Å². The number of urea groups is 1. The number of nitrogens with zero attached hydrogens (tertiary/aromatic N) is 1. The van der Waals surface area contributed by atoms with Crippen molar-refractivity contribution in [3.8, 4) is 5.75 Å². The minimum atomic E-state index is -0.869. The van der Waals surface area contributed by atoms with Crippen LogP contribution in [0.15, 0.2) is 70.7 Å². The zero-order chi connectivity index (χ0) is 24.4. The number of halogens is 3. The van der Waals surface area contributed by atoms with Crippen molar-refractivity contribution in [1.82, 2.24) is 5.32 Å². The molecule has 0 spiro atoms. The predicted molar refractivity (Wildman–Crippen MR) is 135 cm³/mol. The topological polar surface area (TPSA) is 75.7 Å². The predicted octanol–water partition coefficient (Wildman–Crippen LogP) is 6.31. The minimum Gasteiger partial charge on any atom is -0.488 e. The van der Waals surface area contributed by atoms with Gasteiger partial charge in [0, 0.05) is 0 Å². The van der Waals surface area contributed by atoms with Crippen LogP contribution in [0.4, 0.5) is 10.5 Å². The molecular weight excluding hydrogens is 543 g/mol. The molecule has 0 bridgehead atoms. The Balaban J connectivity index is 1.57. The number of amides is 4. The fourth-order valence-electron chi connectivity index (χ4n) is 3.37. The Bertz CT molecular complexity index is 1360. The second kappa shape index (κ2) is 10.0. The van der Waals surface area contributed by atoms with Crippen LogP contribution in [0.5, 0.6) is 5.75 Å². The van der Waals surface area contributed by atoms with Crippen molar-refractivity contribution in [2.24, 2.45) is 0 Å². The molecule has 172 valence electrons. The van der Waals surface area contributed by atoms with Crippen molar-refractivity contribution in [1.29, 1.82) is 0 Å². The van der Waals surface area contributed by atoms with Gasteiger partial charge in [-0.3, -0.25) is 14.9 Å². The Morgan fingerprint density at radius 1 is 1.00 bits per heavy atom. The highest BCUT2D eigenvalue weighted by Gasteiger charge is 2.37. The van der Waals surface area contributed by atoms with Gasteiger partial charge in [-0.05, 0) is 70.4 Å². The van der Waals surface area contributed by atoms with Crippen LogP contribution < -0.4 is 15.0 Å². The van der Waals surface area contributed by atoms with E-state index in [1.165, 1.54) is 24.3 Å². The smallest absolute Gasteiger partial charge is 0.335 e. The van der Waals surface area contributed by atoms with Gasteiger partial charge in [-0.15, -0.1) is 0 Å². The highest BCUT2D eigenvalue weighted by molar-refractivity contribution is 9.10. The molecule has 1 heterocycles. The fraction of sp³-hybridized carbons (Fsp3) is 0.0800.